The molecule has 1 saturated heterocycles. The molecule has 9 heteroatoms. The van der Waals surface area contributed by atoms with Gasteiger partial charge in [-0.25, -0.2) is 9.97 Å². The minimum absolute atomic E-state index is 0.0615. The molecule has 0 N–H and O–H groups in total. The van der Waals surface area contributed by atoms with Crippen molar-refractivity contribution in [3.05, 3.63) is 64.5 Å². The molecule has 1 aromatic heterocycles. The minimum Gasteiger partial charge on any atom is -0.494 e. The summed E-state index contributed by atoms with van der Waals surface area (Å²) in [6.45, 7) is 4.57. The standard InChI is InChI=1S/C22H24N4O4S/c27-26(28)17-6-8-18(9-7-17)30-12-3-15-31-22-19-4-1-2-5-20(19)23-21(24-22)16-25-10-13-29-14-11-25/h1-2,4-9H,3,10-16H2. The molecule has 3 aromatic rings. The number of thioether (sulfide) groups is 1. The Bertz CT molecular complexity index is 1030. The number of nitro benzene ring substituents is 1. The van der Waals surface area contributed by atoms with Gasteiger partial charge in [-0.2, -0.15) is 0 Å². The van der Waals surface area contributed by atoms with E-state index in [1.165, 1.54) is 12.1 Å². The average Bonchev–Trinajstić information content (AvgIpc) is 2.80. The van der Waals surface area contributed by atoms with E-state index in [1.54, 1.807) is 23.9 Å². The van der Waals surface area contributed by atoms with Crippen LogP contribution in [-0.4, -0.2) is 58.5 Å². The predicted molar refractivity (Wildman–Crippen MR) is 120 cm³/mol. The highest BCUT2D eigenvalue weighted by molar-refractivity contribution is 7.99. The van der Waals surface area contributed by atoms with Crippen molar-refractivity contribution in [3.8, 4) is 5.75 Å². The number of morpholine rings is 1. The molecule has 0 amide bonds. The lowest BCUT2D eigenvalue weighted by atomic mass is 10.2. The topological polar surface area (TPSA) is 90.6 Å². The summed E-state index contributed by atoms with van der Waals surface area (Å²) in [5, 5.41) is 12.8. The van der Waals surface area contributed by atoms with Crippen LogP contribution in [0.2, 0.25) is 0 Å². The lowest BCUT2D eigenvalue weighted by Gasteiger charge is -2.25. The van der Waals surface area contributed by atoms with Crippen molar-refractivity contribution in [2.75, 3.05) is 38.7 Å². The molecule has 0 atom stereocenters. The zero-order chi connectivity index (χ0) is 21.5. The molecule has 0 spiro atoms. The average molecular weight is 441 g/mol. The van der Waals surface area contributed by atoms with Crippen LogP contribution in [0.3, 0.4) is 0 Å². The quantitative estimate of drug-likeness (QED) is 0.163. The number of nitrogens with zero attached hydrogens (tertiary/aromatic N) is 4. The van der Waals surface area contributed by atoms with E-state index in [-0.39, 0.29) is 5.69 Å². The Kier molecular flexibility index (Phi) is 7.29. The Morgan fingerprint density at radius 3 is 2.65 bits per heavy atom. The van der Waals surface area contributed by atoms with Gasteiger partial charge >= 0.3 is 0 Å². The molecule has 1 aliphatic heterocycles. The largest absolute Gasteiger partial charge is 0.494 e. The summed E-state index contributed by atoms with van der Waals surface area (Å²) in [5.41, 5.74) is 1.02. The van der Waals surface area contributed by atoms with E-state index < -0.39 is 4.92 Å². The first-order valence-corrected chi connectivity index (χ1v) is 11.2. The fraction of sp³-hybridized carbons (Fsp3) is 0.364. The molecule has 4 rings (SSSR count). The van der Waals surface area contributed by atoms with Crippen LogP contribution < -0.4 is 4.74 Å². The maximum atomic E-state index is 10.7. The van der Waals surface area contributed by atoms with Crippen molar-refractivity contribution in [1.29, 1.82) is 0 Å². The highest BCUT2D eigenvalue weighted by Gasteiger charge is 2.14. The van der Waals surface area contributed by atoms with Gasteiger partial charge in [-0.1, -0.05) is 18.2 Å². The van der Waals surface area contributed by atoms with E-state index in [9.17, 15) is 10.1 Å². The van der Waals surface area contributed by atoms with Crippen LogP contribution in [0, 0.1) is 10.1 Å². The van der Waals surface area contributed by atoms with Crippen molar-refractivity contribution in [3.63, 3.8) is 0 Å². The Hall–Kier alpha value is -2.75. The molecule has 1 fully saturated rings. The molecule has 162 valence electrons. The number of rotatable bonds is 9. The molecule has 0 radical (unpaired) electrons. The zero-order valence-corrected chi connectivity index (χ0v) is 17.9. The molecule has 0 unspecified atom stereocenters. The second-order valence-electron chi connectivity index (χ2n) is 7.15. The van der Waals surface area contributed by atoms with Crippen LogP contribution in [0.25, 0.3) is 10.9 Å². The normalized spacial score (nSPS) is 14.6. The number of para-hydroxylation sites is 1. The first-order chi connectivity index (χ1) is 15.2. The Balaban J connectivity index is 1.34. The van der Waals surface area contributed by atoms with Crippen molar-refractivity contribution in [2.45, 2.75) is 18.0 Å². The van der Waals surface area contributed by atoms with Gasteiger partial charge in [0.2, 0.25) is 0 Å². The van der Waals surface area contributed by atoms with Crippen LogP contribution in [-0.2, 0) is 11.3 Å². The minimum atomic E-state index is -0.417. The van der Waals surface area contributed by atoms with Crippen LogP contribution in [0.1, 0.15) is 12.2 Å². The van der Waals surface area contributed by atoms with E-state index in [0.717, 1.165) is 66.8 Å². The number of hydrogen-bond acceptors (Lipinski definition) is 8. The zero-order valence-electron chi connectivity index (χ0n) is 17.1. The Labute approximate surface area is 184 Å². The van der Waals surface area contributed by atoms with Crippen LogP contribution in [0.4, 0.5) is 5.69 Å². The molecule has 31 heavy (non-hydrogen) atoms. The lowest BCUT2D eigenvalue weighted by Crippen LogP contribution is -2.36. The molecule has 2 heterocycles. The van der Waals surface area contributed by atoms with Gasteiger partial charge in [-0.05, 0) is 24.6 Å². The highest BCUT2D eigenvalue weighted by atomic mass is 32.2. The highest BCUT2D eigenvalue weighted by Crippen LogP contribution is 2.26. The summed E-state index contributed by atoms with van der Waals surface area (Å²) in [6, 6.07) is 14.3. The van der Waals surface area contributed by atoms with E-state index in [4.69, 9.17) is 19.4 Å². The van der Waals surface area contributed by atoms with Crippen LogP contribution in [0.15, 0.2) is 53.6 Å². The molecule has 0 bridgehead atoms. The van der Waals surface area contributed by atoms with Crippen molar-refractivity contribution >= 4 is 28.4 Å². The predicted octanol–water partition coefficient (Wildman–Crippen LogP) is 3.93. The van der Waals surface area contributed by atoms with Gasteiger partial charge in [-0.15, -0.1) is 11.8 Å². The smallest absolute Gasteiger partial charge is 0.269 e. The van der Waals surface area contributed by atoms with Gasteiger partial charge < -0.3 is 9.47 Å². The van der Waals surface area contributed by atoms with Crippen LogP contribution >= 0.6 is 11.8 Å². The summed E-state index contributed by atoms with van der Waals surface area (Å²) < 4.78 is 11.1. The number of aromatic nitrogens is 2. The lowest BCUT2D eigenvalue weighted by molar-refractivity contribution is -0.384. The third-order valence-corrected chi connectivity index (χ3v) is 6.00. The van der Waals surface area contributed by atoms with Gasteiger partial charge in [0, 0.05) is 36.4 Å². The van der Waals surface area contributed by atoms with Gasteiger partial charge in [-0.3, -0.25) is 15.0 Å². The van der Waals surface area contributed by atoms with Gasteiger partial charge in [0.25, 0.3) is 5.69 Å². The Morgan fingerprint density at radius 2 is 1.87 bits per heavy atom. The molecule has 0 saturated carbocycles. The SMILES string of the molecule is O=[N+]([O-])c1ccc(OCCCSc2nc(CN3CCOCC3)nc3ccccc23)cc1. The third kappa shape index (κ3) is 5.90. The fourth-order valence-electron chi connectivity index (χ4n) is 3.32. The molecular weight excluding hydrogens is 416 g/mol. The summed E-state index contributed by atoms with van der Waals surface area (Å²) in [4.78, 5) is 22.2. The van der Waals surface area contributed by atoms with Gasteiger partial charge in [0.05, 0.1) is 36.8 Å². The maximum absolute atomic E-state index is 10.7. The summed E-state index contributed by atoms with van der Waals surface area (Å²) in [6.07, 6.45) is 0.832. The van der Waals surface area contributed by atoms with Crippen molar-refractivity contribution in [1.82, 2.24) is 14.9 Å². The van der Waals surface area contributed by atoms with Gasteiger partial charge in [0.15, 0.2) is 0 Å². The van der Waals surface area contributed by atoms with Crippen LogP contribution in [0.5, 0.6) is 5.75 Å². The second kappa shape index (κ2) is 10.5. The number of benzene rings is 2. The van der Waals surface area contributed by atoms with E-state index in [0.29, 0.717) is 12.4 Å². The number of non-ortho nitro benzene ring substituents is 1. The van der Waals surface area contributed by atoms with Gasteiger partial charge in [0.1, 0.15) is 16.6 Å². The van der Waals surface area contributed by atoms with E-state index >= 15 is 0 Å². The number of fused-ring (bicyclic) bond motifs is 1. The molecule has 0 aliphatic carbocycles. The molecule has 8 nitrogen and oxygen atoms in total. The molecule has 2 aromatic carbocycles. The number of nitro groups is 1. The first kappa shape index (κ1) is 21.5. The second-order valence-corrected chi connectivity index (χ2v) is 8.24. The molecule has 1 aliphatic rings. The summed E-state index contributed by atoms with van der Waals surface area (Å²) >= 11 is 1.70. The summed E-state index contributed by atoms with van der Waals surface area (Å²) in [7, 11) is 0. The first-order valence-electron chi connectivity index (χ1n) is 10.2. The van der Waals surface area contributed by atoms with Crippen molar-refractivity contribution in [2.24, 2.45) is 0 Å². The Morgan fingerprint density at radius 1 is 1.10 bits per heavy atom. The monoisotopic (exact) mass is 440 g/mol. The third-order valence-electron chi connectivity index (χ3n) is 4.93. The van der Waals surface area contributed by atoms with E-state index in [2.05, 4.69) is 11.0 Å². The number of hydrogen-bond donors (Lipinski definition) is 0. The molecular formula is C22H24N4O4S. The van der Waals surface area contributed by atoms with Crippen molar-refractivity contribution < 1.29 is 14.4 Å². The van der Waals surface area contributed by atoms with E-state index in [1.807, 2.05) is 18.2 Å². The summed E-state index contributed by atoms with van der Waals surface area (Å²) in [5.74, 6) is 2.33. The number of ether oxygens (including phenoxy) is 2. The fourth-order valence-corrected chi connectivity index (χ4v) is 4.27. The maximum Gasteiger partial charge on any atom is 0.269 e.